The number of carbonyl (C=O) groups excluding carboxylic acids is 3. The molecule has 0 spiro atoms. The van der Waals surface area contributed by atoms with Gasteiger partial charge < -0.3 is 21.3 Å². The van der Waals surface area contributed by atoms with E-state index in [0.29, 0.717) is 43.6 Å². The van der Waals surface area contributed by atoms with E-state index in [1.807, 2.05) is 0 Å². The number of hydrogen-bond acceptors (Lipinski definition) is 3. The van der Waals surface area contributed by atoms with Crippen LogP contribution in [0.3, 0.4) is 0 Å². The molecule has 1 unspecified atom stereocenters. The number of urea groups is 1. The van der Waals surface area contributed by atoms with Crippen LogP contribution in [-0.4, -0.2) is 41.9 Å². The number of nitrogens with one attached hydrogen (secondary N) is 2. The summed E-state index contributed by atoms with van der Waals surface area (Å²) in [5.74, 6) is -0.508. The quantitative estimate of drug-likeness (QED) is 0.695. The number of hydrogen-bond donors (Lipinski definition) is 3. The second-order valence-electron chi connectivity index (χ2n) is 6.99. The van der Waals surface area contributed by atoms with Crippen molar-refractivity contribution in [3.8, 4) is 0 Å². The lowest BCUT2D eigenvalue weighted by Crippen LogP contribution is -2.38. The number of amides is 4. The fourth-order valence-corrected chi connectivity index (χ4v) is 3.28. The fourth-order valence-electron chi connectivity index (χ4n) is 3.28. The number of nitrogens with zero attached hydrogens (tertiary/aromatic N) is 1. The van der Waals surface area contributed by atoms with Gasteiger partial charge in [-0.2, -0.15) is 0 Å². The van der Waals surface area contributed by atoms with Crippen LogP contribution in [0, 0.1) is 5.82 Å². The molecule has 2 aromatic rings. The molecule has 1 atom stereocenters. The zero-order valence-electron chi connectivity index (χ0n) is 15.9. The Labute approximate surface area is 168 Å². The van der Waals surface area contributed by atoms with Gasteiger partial charge in [0.1, 0.15) is 5.82 Å². The van der Waals surface area contributed by atoms with Gasteiger partial charge in [-0.1, -0.05) is 12.1 Å². The van der Waals surface area contributed by atoms with E-state index < -0.39 is 6.03 Å². The number of primary amides is 1. The summed E-state index contributed by atoms with van der Waals surface area (Å²) in [7, 11) is 0. The van der Waals surface area contributed by atoms with Gasteiger partial charge >= 0.3 is 6.03 Å². The third-order valence-electron chi connectivity index (χ3n) is 4.83. The van der Waals surface area contributed by atoms with Crippen molar-refractivity contribution in [1.82, 2.24) is 10.2 Å². The molecule has 0 bridgehead atoms. The Bertz CT molecular complexity index is 884. The summed E-state index contributed by atoms with van der Waals surface area (Å²) < 4.78 is 12.9. The van der Waals surface area contributed by atoms with Gasteiger partial charge in [-0.15, -0.1) is 0 Å². The van der Waals surface area contributed by atoms with Gasteiger partial charge in [-0.25, -0.2) is 9.18 Å². The first-order valence-electron chi connectivity index (χ1n) is 9.40. The summed E-state index contributed by atoms with van der Waals surface area (Å²) in [6.07, 6.45) is 1.59. The molecule has 1 aliphatic rings. The molecule has 4 amide bonds. The van der Waals surface area contributed by atoms with Crippen molar-refractivity contribution in [3.63, 3.8) is 0 Å². The molecule has 0 aliphatic carbocycles. The third-order valence-corrected chi connectivity index (χ3v) is 4.83. The number of carbonyl (C=O) groups is 3. The minimum Gasteiger partial charge on any atom is -0.351 e. The van der Waals surface area contributed by atoms with Crippen LogP contribution in [0.25, 0.3) is 0 Å². The van der Waals surface area contributed by atoms with Crippen LogP contribution in [0.5, 0.6) is 0 Å². The molecule has 8 heteroatoms. The topological polar surface area (TPSA) is 105 Å². The van der Waals surface area contributed by atoms with Gasteiger partial charge in [0.2, 0.25) is 5.91 Å². The number of likely N-dealkylation sites (tertiary alicyclic amines) is 1. The van der Waals surface area contributed by atoms with Crippen LogP contribution in [0.4, 0.5) is 14.9 Å². The molecular weight excluding hydrogens is 375 g/mol. The number of rotatable bonds is 6. The highest BCUT2D eigenvalue weighted by molar-refractivity contribution is 5.95. The average Bonchev–Trinajstić information content (AvgIpc) is 3.16. The van der Waals surface area contributed by atoms with Crippen LogP contribution in [-0.2, 0) is 11.2 Å². The van der Waals surface area contributed by atoms with Crippen LogP contribution in [0.15, 0.2) is 48.5 Å². The zero-order chi connectivity index (χ0) is 20.8. The average molecular weight is 398 g/mol. The number of anilines is 1. The summed E-state index contributed by atoms with van der Waals surface area (Å²) in [5.41, 5.74) is 6.93. The maximum Gasteiger partial charge on any atom is 0.316 e. The minimum atomic E-state index is -0.669. The predicted molar refractivity (Wildman–Crippen MR) is 107 cm³/mol. The van der Waals surface area contributed by atoms with Crippen molar-refractivity contribution in [1.29, 1.82) is 0 Å². The van der Waals surface area contributed by atoms with E-state index >= 15 is 0 Å². The molecule has 1 heterocycles. The van der Waals surface area contributed by atoms with Crippen LogP contribution in [0.1, 0.15) is 28.8 Å². The Kier molecular flexibility index (Phi) is 6.43. The van der Waals surface area contributed by atoms with Gasteiger partial charge in [0.05, 0.1) is 0 Å². The Morgan fingerprint density at radius 1 is 1.07 bits per heavy atom. The van der Waals surface area contributed by atoms with Gasteiger partial charge in [0.25, 0.3) is 5.91 Å². The third kappa shape index (κ3) is 5.78. The maximum atomic E-state index is 12.9. The normalized spacial score (nSPS) is 15.8. The molecule has 0 aromatic heterocycles. The van der Waals surface area contributed by atoms with Crippen LogP contribution >= 0.6 is 0 Å². The van der Waals surface area contributed by atoms with Crippen molar-refractivity contribution >= 4 is 23.5 Å². The lowest BCUT2D eigenvalue weighted by molar-refractivity contribution is -0.130. The summed E-state index contributed by atoms with van der Waals surface area (Å²) in [4.78, 5) is 37.4. The molecule has 0 radical (unpaired) electrons. The van der Waals surface area contributed by atoms with Crippen LogP contribution < -0.4 is 16.4 Å². The van der Waals surface area contributed by atoms with Gasteiger partial charge in [0.15, 0.2) is 0 Å². The number of benzene rings is 2. The van der Waals surface area contributed by atoms with E-state index in [0.717, 1.165) is 5.56 Å². The molecule has 4 N–H and O–H groups in total. The lowest BCUT2D eigenvalue weighted by atomic mass is 10.1. The summed E-state index contributed by atoms with van der Waals surface area (Å²) in [5, 5.41) is 5.37. The largest absolute Gasteiger partial charge is 0.351 e. The second kappa shape index (κ2) is 9.18. The molecule has 3 rings (SSSR count). The van der Waals surface area contributed by atoms with E-state index in [2.05, 4.69) is 10.6 Å². The summed E-state index contributed by atoms with van der Waals surface area (Å²) in [6, 6.07) is 11.7. The SMILES string of the molecule is NC(=O)Nc1ccc(C(=O)NC2CCN(C(=O)CCc3ccc(F)cc3)C2)cc1. The lowest BCUT2D eigenvalue weighted by Gasteiger charge is -2.17. The van der Waals surface area contributed by atoms with E-state index in [1.54, 1.807) is 41.3 Å². The monoisotopic (exact) mass is 398 g/mol. The Morgan fingerprint density at radius 3 is 2.41 bits per heavy atom. The molecule has 1 fully saturated rings. The highest BCUT2D eigenvalue weighted by Gasteiger charge is 2.27. The van der Waals surface area contributed by atoms with Crippen molar-refractivity contribution < 1.29 is 18.8 Å². The highest BCUT2D eigenvalue weighted by Crippen LogP contribution is 2.15. The van der Waals surface area contributed by atoms with E-state index in [1.165, 1.54) is 12.1 Å². The van der Waals surface area contributed by atoms with Gasteiger partial charge in [-0.3, -0.25) is 9.59 Å². The maximum absolute atomic E-state index is 12.9. The zero-order valence-corrected chi connectivity index (χ0v) is 15.9. The minimum absolute atomic E-state index is 0.0213. The molecule has 0 saturated carbocycles. The predicted octanol–water partition coefficient (Wildman–Crippen LogP) is 2.28. The van der Waals surface area contributed by atoms with Gasteiger partial charge in [-0.05, 0) is 54.8 Å². The molecule has 1 aliphatic heterocycles. The first kappa shape index (κ1) is 20.3. The standard InChI is InChI=1S/C21H23FN4O3/c22-16-6-1-14(2-7-16)3-10-19(27)26-12-11-18(13-26)24-20(28)15-4-8-17(9-5-15)25-21(23)29/h1-2,4-9,18H,3,10-13H2,(H,24,28)(H3,23,25,29). The highest BCUT2D eigenvalue weighted by atomic mass is 19.1. The van der Waals surface area contributed by atoms with E-state index in [4.69, 9.17) is 5.73 Å². The second-order valence-corrected chi connectivity index (χ2v) is 6.99. The Balaban J connectivity index is 1.46. The first-order chi connectivity index (χ1) is 13.9. The number of nitrogens with two attached hydrogens (primary N) is 1. The first-order valence-corrected chi connectivity index (χ1v) is 9.40. The molecule has 2 aromatic carbocycles. The van der Waals surface area contributed by atoms with Crippen LogP contribution in [0.2, 0.25) is 0 Å². The summed E-state index contributed by atoms with van der Waals surface area (Å²) >= 11 is 0. The molecular formula is C21H23FN4O3. The number of halogens is 1. The fraction of sp³-hybridized carbons (Fsp3) is 0.286. The van der Waals surface area contributed by atoms with Crippen molar-refractivity contribution in [2.75, 3.05) is 18.4 Å². The Hall–Kier alpha value is -3.42. The van der Waals surface area contributed by atoms with Gasteiger partial charge in [0, 0.05) is 36.8 Å². The van der Waals surface area contributed by atoms with E-state index in [-0.39, 0.29) is 23.7 Å². The molecule has 152 valence electrons. The molecule has 7 nitrogen and oxygen atoms in total. The smallest absolute Gasteiger partial charge is 0.316 e. The van der Waals surface area contributed by atoms with E-state index in [9.17, 15) is 18.8 Å². The Morgan fingerprint density at radius 2 is 1.76 bits per heavy atom. The summed E-state index contributed by atoms with van der Waals surface area (Å²) in [6.45, 7) is 1.06. The molecule has 1 saturated heterocycles. The van der Waals surface area contributed by atoms with Crippen molar-refractivity contribution in [3.05, 3.63) is 65.5 Å². The molecule has 29 heavy (non-hydrogen) atoms. The van der Waals surface area contributed by atoms with Crippen molar-refractivity contribution in [2.24, 2.45) is 5.73 Å². The van der Waals surface area contributed by atoms with Crippen molar-refractivity contribution in [2.45, 2.75) is 25.3 Å². The number of aryl methyl sites for hydroxylation is 1.